The van der Waals surface area contributed by atoms with Gasteiger partial charge in [0.25, 0.3) is 0 Å². The normalized spacial score (nSPS) is 60.0. The van der Waals surface area contributed by atoms with Crippen molar-refractivity contribution in [3.63, 3.8) is 0 Å². The number of ether oxygens (including phenoxy) is 4. The quantitative estimate of drug-likeness (QED) is 0.509. The molecule has 2 N–H and O–H groups in total. The van der Waals surface area contributed by atoms with E-state index in [0.717, 1.165) is 0 Å². The maximum atomic E-state index is 13.7. The van der Waals surface area contributed by atoms with Gasteiger partial charge in [-0.1, -0.05) is 0 Å². The van der Waals surface area contributed by atoms with Crippen LogP contribution in [0.25, 0.3) is 0 Å². The van der Waals surface area contributed by atoms with Gasteiger partial charge in [-0.15, -0.1) is 0 Å². The lowest BCUT2D eigenvalue weighted by molar-refractivity contribution is -0.210. The van der Waals surface area contributed by atoms with Crippen LogP contribution in [0.1, 0.15) is 13.8 Å². The van der Waals surface area contributed by atoms with Gasteiger partial charge in [0.2, 0.25) is 0 Å². The number of carbonyl (C=O) groups excluding carboxylic acids is 2. The number of carbonyl (C=O) groups is 2. The Morgan fingerprint density at radius 3 is 2.46 bits per heavy atom. The number of Topliss-reactive ketones (excluding diaryl/α,β-unsaturated/α-hetero) is 2. The molecule has 8 aliphatic rings. The first-order chi connectivity index (χ1) is 13.4. The Labute approximate surface area is 160 Å². The summed E-state index contributed by atoms with van der Waals surface area (Å²) in [5.74, 6) is -1.05. The number of fused-ring (bicyclic) bond motifs is 3. The van der Waals surface area contributed by atoms with Gasteiger partial charge in [0.1, 0.15) is 36.6 Å². The summed E-state index contributed by atoms with van der Waals surface area (Å²) < 4.78 is 23.1. The van der Waals surface area contributed by atoms with Crippen LogP contribution in [-0.2, 0) is 28.5 Å². The average molecular weight is 388 g/mol. The largest absolute Gasteiger partial charge is 0.498 e. The summed E-state index contributed by atoms with van der Waals surface area (Å²) >= 11 is 0. The van der Waals surface area contributed by atoms with E-state index in [-0.39, 0.29) is 29.7 Å². The minimum Gasteiger partial charge on any atom is -0.498 e. The summed E-state index contributed by atoms with van der Waals surface area (Å²) in [4.78, 5) is 26.7. The summed E-state index contributed by atoms with van der Waals surface area (Å²) in [6.45, 7) is 3.77. The molecule has 0 aromatic rings. The molecule has 148 valence electrons. The molecule has 3 saturated heterocycles. The van der Waals surface area contributed by atoms with Crippen molar-refractivity contribution in [3.05, 3.63) is 23.0 Å². The molecule has 8 heteroatoms. The van der Waals surface area contributed by atoms with Gasteiger partial charge >= 0.3 is 0 Å². The van der Waals surface area contributed by atoms with Gasteiger partial charge in [-0.3, -0.25) is 9.59 Å². The van der Waals surface area contributed by atoms with Crippen molar-refractivity contribution in [1.82, 2.24) is 0 Å². The SMILES string of the molecule is C[C@H]1O[C@@H]2C3=C(C(=O)[C@@H]4O[C@@H]4[C@H]3O)[C@@H]1[C@@H]1[C@@H](C)OC=C3[C@H](O)C4OC4C(=O)C312. The van der Waals surface area contributed by atoms with Crippen molar-refractivity contribution in [1.29, 1.82) is 0 Å². The van der Waals surface area contributed by atoms with Crippen molar-refractivity contribution in [3.8, 4) is 0 Å². The van der Waals surface area contributed by atoms with Crippen LogP contribution in [0.15, 0.2) is 23.0 Å². The number of rotatable bonds is 0. The van der Waals surface area contributed by atoms with E-state index in [4.69, 9.17) is 18.9 Å². The fourth-order valence-electron chi connectivity index (χ4n) is 6.86. The van der Waals surface area contributed by atoms with E-state index in [0.29, 0.717) is 16.7 Å². The van der Waals surface area contributed by atoms with E-state index in [9.17, 15) is 19.8 Å². The zero-order valence-electron chi connectivity index (χ0n) is 15.3. The lowest BCUT2D eigenvalue weighted by Crippen LogP contribution is -2.72. The second-order valence-electron chi connectivity index (χ2n) is 9.09. The van der Waals surface area contributed by atoms with Gasteiger partial charge in [0.05, 0.1) is 30.0 Å². The molecule has 5 heterocycles. The maximum absolute atomic E-state index is 13.7. The van der Waals surface area contributed by atoms with E-state index in [1.807, 2.05) is 13.8 Å². The Morgan fingerprint density at radius 2 is 1.68 bits per heavy atom. The van der Waals surface area contributed by atoms with Crippen molar-refractivity contribution in [2.24, 2.45) is 17.3 Å². The minimum absolute atomic E-state index is 0.113. The summed E-state index contributed by atoms with van der Waals surface area (Å²) in [6.07, 6.45) is -4.40. The molecular formula is C20H20O8. The molecule has 1 saturated carbocycles. The highest BCUT2D eigenvalue weighted by molar-refractivity contribution is 6.06. The van der Waals surface area contributed by atoms with E-state index < -0.39 is 54.1 Å². The molecule has 1 spiro atoms. The molecule has 0 amide bonds. The van der Waals surface area contributed by atoms with E-state index in [2.05, 4.69) is 0 Å². The highest BCUT2D eigenvalue weighted by atomic mass is 16.6. The number of ketones is 2. The maximum Gasteiger partial charge on any atom is 0.190 e. The molecule has 12 atom stereocenters. The van der Waals surface area contributed by atoms with Gasteiger partial charge in [0.15, 0.2) is 11.6 Å². The fourth-order valence-corrected chi connectivity index (χ4v) is 6.86. The molecule has 8 rings (SSSR count). The summed E-state index contributed by atoms with van der Waals surface area (Å²) in [6, 6.07) is 0. The van der Waals surface area contributed by atoms with E-state index in [1.165, 1.54) is 6.26 Å². The smallest absolute Gasteiger partial charge is 0.190 e. The number of hydrogen-bond donors (Lipinski definition) is 2. The highest BCUT2D eigenvalue weighted by Gasteiger charge is 2.78. The molecule has 4 fully saturated rings. The Morgan fingerprint density at radius 1 is 0.964 bits per heavy atom. The highest BCUT2D eigenvalue weighted by Crippen LogP contribution is 2.67. The summed E-state index contributed by atoms with van der Waals surface area (Å²) in [7, 11) is 0. The lowest BCUT2D eigenvalue weighted by atomic mass is 9.45. The van der Waals surface area contributed by atoms with Crippen molar-refractivity contribution in [2.75, 3.05) is 0 Å². The van der Waals surface area contributed by atoms with Crippen LogP contribution >= 0.6 is 0 Å². The van der Waals surface area contributed by atoms with Crippen LogP contribution in [0.4, 0.5) is 0 Å². The van der Waals surface area contributed by atoms with Gasteiger partial charge < -0.3 is 29.2 Å². The molecule has 5 aliphatic heterocycles. The second-order valence-corrected chi connectivity index (χ2v) is 9.09. The number of aliphatic hydroxyl groups is 2. The predicted molar refractivity (Wildman–Crippen MR) is 88.8 cm³/mol. The number of epoxide rings is 2. The van der Waals surface area contributed by atoms with Crippen LogP contribution in [0, 0.1) is 17.3 Å². The molecule has 0 aromatic heterocycles. The van der Waals surface area contributed by atoms with Gasteiger partial charge in [-0.05, 0) is 19.4 Å². The third-order valence-corrected chi connectivity index (χ3v) is 8.00. The number of aliphatic hydroxyl groups excluding tert-OH is 2. The average Bonchev–Trinajstić information content (AvgIpc) is 3.57. The van der Waals surface area contributed by atoms with Gasteiger partial charge in [0, 0.05) is 23.0 Å². The van der Waals surface area contributed by atoms with E-state index in [1.54, 1.807) is 0 Å². The predicted octanol–water partition coefficient (Wildman–Crippen LogP) is -0.973. The van der Waals surface area contributed by atoms with Crippen LogP contribution in [0.5, 0.6) is 0 Å². The van der Waals surface area contributed by atoms with Crippen LogP contribution in [0.2, 0.25) is 0 Å². The van der Waals surface area contributed by atoms with Crippen LogP contribution < -0.4 is 0 Å². The molecular weight excluding hydrogens is 368 g/mol. The van der Waals surface area contributed by atoms with Crippen molar-refractivity contribution in [2.45, 2.75) is 68.8 Å². The Bertz CT molecular complexity index is 921. The molecule has 0 aromatic carbocycles. The molecule has 3 unspecified atom stereocenters. The van der Waals surface area contributed by atoms with Gasteiger partial charge in [-0.25, -0.2) is 0 Å². The second kappa shape index (κ2) is 4.60. The first kappa shape index (κ1) is 16.2. The Hall–Kier alpha value is -1.58. The molecule has 0 radical (unpaired) electrons. The molecule has 8 nitrogen and oxygen atoms in total. The Balaban J connectivity index is 1.52. The summed E-state index contributed by atoms with van der Waals surface area (Å²) in [5.41, 5.74) is 0.269. The molecule has 28 heavy (non-hydrogen) atoms. The monoisotopic (exact) mass is 388 g/mol. The Kier molecular flexibility index (Phi) is 2.67. The van der Waals surface area contributed by atoms with Crippen LogP contribution in [0.3, 0.4) is 0 Å². The third kappa shape index (κ3) is 1.47. The zero-order chi connectivity index (χ0) is 19.3. The van der Waals surface area contributed by atoms with Crippen LogP contribution in [-0.4, -0.2) is 76.7 Å². The zero-order valence-corrected chi connectivity index (χ0v) is 15.3. The summed E-state index contributed by atoms with van der Waals surface area (Å²) in [5, 5.41) is 21.8. The lowest BCUT2D eigenvalue weighted by Gasteiger charge is -2.63. The minimum atomic E-state index is -1.19. The third-order valence-electron chi connectivity index (χ3n) is 8.00. The molecule has 2 bridgehead atoms. The van der Waals surface area contributed by atoms with Crippen molar-refractivity contribution >= 4 is 11.6 Å². The first-order valence-electron chi connectivity index (χ1n) is 9.90. The topological polar surface area (TPSA) is 118 Å². The fraction of sp³-hybridized carbons (Fsp3) is 0.700. The van der Waals surface area contributed by atoms with Gasteiger partial charge in [-0.2, -0.15) is 0 Å². The van der Waals surface area contributed by atoms with E-state index >= 15 is 0 Å². The first-order valence-corrected chi connectivity index (χ1v) is 9.90. The standard InChI is InChI=1S/C20H20O8/c1-4-7-8-9(13(23)16-15(27-16)12(8)22)19(26-4)20-6(3-25-5(2)10(7)20)11(21)14-17(28-14)18(20)24/h3-5,7,10-11,13-17,19,21,23H,1-2H3/t4-,5-,7-,10+,11+,13+,14?,15+,16-,17?,19-,20?/m1/s1. The van der Waals surface area contributed by atoms with Crippen molar-refractivity contribution < 1.29 is 38.7 Å². The molecule has 3 aliphatic carbocycles. The number of hydrogen-bond acceptors (Lipinski definition) is 8.